The number of nitrogens with two attached hydrogens (primary N) is 1. The molecule has 2 N–H and O–H groups in total. The summed E-state index contributed by atoms with van der Waals surface area (Å²) >= 11 is 0. The van der Waals surface area contributed by atoms with E-state index in [0.29, 0.717) is 5.95 Å². The summed E-state index contributed by atoms with van der Waals surface area (Å²) in [5.74, 6) is 1.50. The summed E-state index contributed by atoms with van der Waals surface area (Å²) in [4.78, 5) is 3.97. The third-order valence-corrected chi connectivity index (χ3v) is 2.43. The molecule has 0 saturated heterocycles. The molecule has 1 aliphatic rings. The smallest absolute Gasteiger partial charge is 0.200 e. The number of hydrogen-bond donors (Lipinski definition) is 1. The summed E-state index contributed by atoms with van der Waals surface area (Å²) in [6.07, 6.45) is 7.82. The van der Waals surface area contributed by atoms with Gasteiger partial charge in [-0.15, -0.1) is 0 Å². The van der Waals surface area contributed by atoms with Crippen molar-refractivity contribution in [3.8, 4) is 0 Å². The second-order valence-corrected chi connectivity index (χ2v) is 3.23. The van der Waals surface area contributed by atoms with Gasteiger partial charge >= 0.3 is 0 Å². The second kappa shape index (κ2) is 2.57. The zero-order valence-corrected chi connectivity index (χ0v) is 6.53. The summed E-state index contributed by atoms with van der Waals surface area (Å²) < 4.78 is 2.03. The van der Waals surface area contributed by atoms with Gasteiger partial charge < -0.3 is 10.3 Å². The Bertz CT molecular complexity index is 237. The number of rotatable bonds is 2. The third-order valence-electron chi connectivity index (χ3n) is 2.43. The lowest BCUT2D eigenvalue weighted by Crippen LogP contribution is -2.18. The van der Waals surface area contributed by atoms with Crippen molar-refractivity contribution in [3.63, 3.8) is 0 Å². The Morgan fingerprint density at radius 2 is 2.45 bits per heavy atom. The molecule has 3 heteroatoms. The van der Waals surface area contributed by atoms with Crippen molar-refractivity contribution in [3.05, 3.63) is 12.4 Å². The van der Waals surface area contributed by atoms with Crippen LogP contribution in [0.4, 0.5) is 5.95 Å². The van der Waals surface area contributed by atoms with Crippen LogP contribution >= 0.6 is 0 Å². The lowest BCUT2D eigenvalue weighted by atomic mass is 9.85. The topological polar surface area (TPSA) is 43.8 Å². The van der Waals surface area contributed by atoms with Crippen molar-refractivity contribution in [2.75, 3.05) is 5.73 Å². The predicted octanol–water partition coefficient (Wildman–Crippen LogP) is 1.27. The predicted molar refractivity (Wildman–Crippen MR) is 44.0 cm³/mol. The van der Waals surface area contributed by atoms with Gasteiger partial charge in [-0.25, -0.2) is 4.98 Å². The van der Waals surface area contributed by atoms with Crippen molar-refractivity contribution in [2.24, 2.45) is 5.92 Å². The molecule has 0 aromatic carbocycles. The first-order valence-electron chi connectivity index (χ1n) is 4.13. The van der Waals surface area contributed by atoms with Gasteiger partial charge in [0.2, 0.25) is 0 Å². The van der Waals surface area contributed by atoms with E-state index >= 15 is 0 Å². The van der Waals surface area contributed by atoms with Crippen LogP contribution in [0.25, 0.3) is 0 Å². The second-order valence-electron chi connectivity index (χ2n) is 3.23. The quantitative estimate of drug-likeness (QED) is 0.691. The Balaban J connectivity index is 1.99. The average molecular weight is 151 g/mol. The maximum Gasteiger partial charge on any atom is 0.200 e. The van der Waals surface area contributed by atoms with Gasteiger partial charge in [-0.3, -0.25) is 0 Å². The number of imidazole rings is 1. The van der Waals surface area contributed by atoms with E-state index in [4.69, 9.17) is 5.73 Å². The Morgan fingerprint density at radius 1 is 1.64 bits per heavy atom. The molecular formula is C8H13N3. The molecule has 1 fully saturated rings. The molecule has 0 spiro atoms. The fraction of sp³-hybridized carbons (Fsp3) is 0.625. The van der Waals surface area contributed by atoms with Gasteiger partial charge in [0.15, 0.2) is 5.95 Å². The average Bonchev–Trinajstić information content (AvgIpc) is 2.27. The SMILES string of the molecule is Nc1nccn1CC1CCC1. The van der Waals surface area contributed by atoms with Crippen LogP contribution < -0.4 is 5.73 Å². The molecule has 1 heterocycles. The third kappa shape index (κ3) is 1.23. The van der Waals surface area contributed by atoms with Gasteiger partial charge in [0.25, 0.3) is 0 Å². The van der Waals surface area contributed by atoms with Gasteiger partial charge in [0.05, 0.1) is 0 Å². The molecule has 0 radical (unpaired) electrons. The molecule has 11 heavy (non-hydrogen) atoms. The molecular weight excluding hydrogens is 138 g/mol. The first kappa shape index (κ1) is 6.70. The lowest BCUT2D eigenvalue weighted by Gasteiger charge is -2.25. The van der Waals surface area contributed by atoms with Crippen LogP contribution in [0.3, 0.4) is 0 Å². The molecule has 1 saturated carbocycles. The fourth-order valence-electron chi connectivity index (χ4n) is 1.45. The van der Waals surface area contributed by atoms with E-state index in [9.17, 15) is 0 Å². The number of nitrogen functional groups attached to an aromatic ring is 1. The zero-order valence-electron chi connectivity index (χ0n) is 6.53. The monoisotopic (exact) mass is 151 g/mol. The molecule has 3 nitrogen and oxygen atoms in total. The Hall–Kier alpha value is -0.990. The van der Waals surface area contributed by atoms with Gasteiger partial charge in [-0.2, -0.15) is 0 Å². The summed E-state index contributed by atoms with van der Waals surface area (Å²) in [6.45, 7) is 1.06. The first-order chi connectivity index (χ1) is 5.36. The number of nitrogens with zero attached hydrogens (tertiary/aromatic N) is 2. The number of aromatic nitrogens is 2. The summed E-state index contributed by atoms with van der Waals surface area (Å²) in [6, 6.07) is 0. The fourth-order valence-corrected chi connectivity index (χ4v) is 1.45. The maximum atomic E-state index is 5.62. The van der Waals surface area contributed by atoms with Crippen molar-refractivity contribution in [2.45, 2.75) is 25.8 Å². The van der Waals surface area contributed by atoms with E-state index in [0.717, 1.165) is 12.5 Å². The van der Waals surface area contributed by atoms with Crippen LogP contribution in [-0.2, 0) is 6.54 Å². The van der Waals surface area contributed by atoms with Crippen LogP contribution in [0, 0.1) is 5.92 Å². The molecule has 0 atom stereocenters. The first-order valence-corrected chi connectivity index (χ1v) is 4.13. The van der Waals surface area contributed by atoms with E-state index in [1.165, 1.54) is 19.3 Å². The Kier molecular flexibility index (Phi) is 1.56. The Morgan fingerprint density at radius 3 is 2.91 bits per heavy atom. The van der Waals surface area contributed by atoms with E-state index in [1.54, 1.807) is 6.20 Å². The molecule has 0 unspecified atom stereocenters. The zero-order chi connectivity index (χ0) is 7.68. The lowest BCUT2D eigenvalue weighted by molar-refractivity contribution is 0.278. The van der Waals surface area contributed by atoms with Gasteiger partial charge in [0.1, 0.15) is 0 Å². The molecule has 60 valence electrons. The van der Waals surface area contributed by atoms with E-state index in [-0.39, 0.29) is 0 Å². The molecule has 2 rings (SSSR count). The normalized spacial score (nSPS) is 18.2. The van der Waals surface area contributed by atoms with Crippen molar-refractivity contribution in [1.29, 1.82) is 0 Å². The number of anilines is 1. The highest BCUT2D eigenvalue weighted by molar-refractivity contribution is 5.16. The molecule has 0 amide bonds. The minimum atomic E-state index is 0.650. The minimum Gasteiger partial charge on any atom is -0.369 e. The van der Waals surface area contributed by atoms with E-state index in [2.05, 4.69) is 4.98 Å². The Labute approximate surface area is 66.2 Å². The number of hydrogen-bond acceptors (Lipinski definition) is 2. The largest absolute Gasteiger partial charge is 0.369 e. The highest BCUT2D eigenvalue weighted by Crippen LogP contribution is 2.28. The molecule has 1 aromatic heterocycles. The highest BCUT2D eigenvalue weighted by Gasteiger charge is 2.18. The van der Waals surface area contributed by atoms with Crippen molar-refractivity contribution < 1.29 is 0 Å². The maximum absolute atomic E-state index is 5.62. The molecule has 0 aliphatic heterocycles. The van der Waals surface area contributed by atoms with Gasteiger partial charge in [-0.05, 0) is 18.8 Å². The van der Waals surface area contributed by atoms with Crippen LogP contribution in [0.5, 0.6) is 0 Å². The van der Waals surface area contributed by atoms with E-state index in [1.807, 2.05) is 10.8 Å². The van der Waals surface area contributed by atoms with Crippen molar-refractivity contribution in [1.82, 2.24) is 9.55 Å². The standard InChI is InChI=1S/C8H13N3/c9-8-10-4-5-11(8)6-7-2-1-3-7/h4-5,7H,1-3,6H2,(H2,9,10). The van der Waals surface area contributed by atoms with Crippen LogP contribution in [-0.4, -0.2) is 9.55 Å². The van der Waals surface area contributed by atoms with Crippen LogP contribution in [0.2, 0.25) is 0 Å². The van der Waals surface area contributed by atoms with Gasteiger partial charge in [0, 0.05) is 18.9 Å². The highest BCUT2D eigenvalue weighted by atomic mass is 15.1. The van der Waals surface area contributed by atoms with E-state index < -0.39 is 0 Å². The molecule has 0 bridgehead atoms. The van der Waals surface area contributed by atoms with Crippen LogP contribution in [0.15, 0.2) is 12.4 Å². The van der Waals surface area contributed by atoms with Crippen LogP contribution in [0.1, 0.15) is 19.3 Å². The summed E-state index contributed by atoms with van der Waals surface area (Å²) in [5, 5.41) is 0. The van der Waals surface area contributed by atoms with Gasteiger partial charge in [-0.1, -0.05) is 6.42 Å². The molecule has 1 aliphatic carbocycles. The summed E-state index contributed by atoms with van der Waals surface area (Å²) in [7, 11) is 0. The summed E-state index contributed by atoms with van der Waals surface area (Å²) in [5.41, 5.74) is 5.62. The minimum absolute atomic E-state index is 0.650. The van der Waals surface area contributed by atoms with Crippen molar-refractivity contribution >= 4 is 5.95 Å². The molecule has 1 aromatic rings.